The lowest BCUT2D eigenvalue weighted by atomic mass is 9.97. The number of aromatic nitrogens is 1. The van der Waals surface area contributed by atoms with Gasteiger partial charge in [0, 0.05) is 45.1 Å². The number of hydrogen-bond donors (Lipinski definition) is 1. The van der Waals surface area contributed by atoms with Gasteiger partial charge >= 0.3 is 0 Å². The highest BCUT2D eigenvalue weighted by molar-refractivity contribution is 5.99. The van der Waals surface area contributed by atoms with Gasteiger partial charge < -0.3 is 15.1 Å². The van der Waals surface area contributed by atoms with Gasteiger partial charge in [-0.15, -0.1) is 0 Å². The van der Waals surface area contributed by atoms with Crippen molar-refractivity contribution in [2.45, 2.75) is 32.1 Å². The van der Waals surface area contributed by atoms with Gasteiger partial charge in [-0.05, 0) is 45.2 Å². The molecule has 0 radical (unpaired) electrons. The standard InChI is InChI=1S/C20H28N4O2/c1-23-9-11-24(12-10-23)20(26)18-13-17(14-21-15-18)19(25)22-8-7-16-5-3-2-4-6-16/h5,13-15H,2-4,6-12H2,1H3,(H,22,25). The van der Waals surface area contributed by atoms with Gasteiger partial charge in [-0.25, -0.2) is 0 Å². The molecule has 3 rings (SSSR count). The van der Waals surface area contributed by atoms with Crippen LogP contribution in [0.4, 0.5) is 0 Å². The smallest absolute Gasteiger partial charge is 0.255 e. The number of likely N-dealkylation sites (N-methyl/N-ethyl adjacent to an activating group) is 1. The molecule has 0 aromatic carbocycles. The van der Waals surface area contributed by atoms with Crippen LogP contribution in [-0.2, 0) is 0 Å². The predicted molar refractivity (Wildman–Crippen MR) is 101 cm³/mol. The summed E-state index contributed by atoms with van der Waals surface area (Å²) in [5.74, 6) is -0.213. The van der Waals surface area contributed by atoms with E-state index in [1.165, 1.54) is 24.6 Å². The summed E-state index contributed by atoms with van der Waals surface area (Å²) >= 11 is 0. The van der Waals surface area contributed by atoms with E-state index in [2.05, 4.69) is 28.3 Å². The maximum absolute atomic E-state index is 12.6. The first-order valence-corrected chi connectivity index (χ1v) is 9.52. The third kappa shape index (κ3) is 4.91. The highest BCUT2D eigenvalue weighted by Crippen LogP contribution is 2.19. The van der Waals surface area contributed by atoms with Crippen LogP contribution >= 0.6 is 0 Å². The van der Waals surface area contributed by atoms with E-state index in [0.717, 1.165) is 32.4 Å². The van der Waals surface area contributed by atoms with Crippen molar-refractivity contribution in [2.75, 3.05) is 39.8 Å². The largest absolute Gasteiger partial charge is 0.352 e. The maximum atomic E-state index is 12.6. The molecule has 2 heterocycles. The molecule has 0 saturated carbocycles. The fraction of sp³-hybridized carbons (Fsp3) is 0.550. The van der Waals surface area contributed by atoms with Crippen LogP contribution in [0.1, 0.15) is 52.8 Å². The molecule has 1 fully saturated rings. The summed E-state index contributed by atoms with van der Waals surface area (Å²) in [4.78, 5) is 33.1. The van der Waals surface area contributed by atoms with Crippen LogP contribution in [-0.4, -0.2) is 66.4 Å². The Hall–Kier alpha value is -2.21. The Kier molecular flexibility index (Phi) is 6.39. The van der Waals surface area contributed by atoms with Crippen LogP contribution in [0, 0.1) is 0 Å². The number of pyridine rings is 1. The molecule has 2 aliphatic rings. The lowest BCUT2D eigenvalue weighted by Crippen LogP contribution is -2.47. The van der Waals surface area contributed by atoms with Crippen molar-refractivity contribution in [3.8, 4) is 0 Å². The molecule has 1 aromatic heterocycles. The number of rotatable bonds is 5. The third-order valence-electron chi connectivity index (χ3n) is 5.15. The van der Waals surface area contributed by atoms with Crippen molar-refractivity contribution in [1.82, 2.24) is 20.1 Å². The number of amides is 2. The summed E-state index contributed by atoms with van der Waals surface area (Å²) in [5, 5.41) is 2.95. The van der Waals surface area contributed by atoms with Crippen molar-refractivity contribution >= 4 is 11.8 Å². The number of nitrogens with one attached hydrogen (secondary N) is 1. The van der Waals surface area contributed by atoms with Gasteiger partial charge in [-0.2, -0.15) is 0 Å². The fourth-order valence-corrected chi connectivity index (χ4v) is 3.44. The van der Waals surface area contributed by atoms with Crippen molar-refractivity contribution in [3.63, 3.8) is 0 Å². The molecule has 1 aliphatic heterocycles. The topological polar surface area (TPSA) is 65.5 Å². The molecule has 0 spiro atoms. The molecule has 26 heavy (non-hydrogen) atoms. The fourth-order valence-electron chi connectivity index (χ4n) is 3.44. The van der Waals surface area contributed by atoms with Gasteiger partial charge in [0.05, 0.1) is 11.1 Å². The quantitative estimate of drug-likeness (QED) is 0.821. The van der Waals surface area contributed by atoms with E-state index < -0.39 is 0 Å². The summed E-state index contributed by atoms with van der Waals surface area (Å²) in [5.41, 5.74) is 2.37. The zero-order chi connectivity index (χ0) is 18.4. The van der Waals surface area contributed by atoms with E-state index in [0.29, 0.717) is 30.8 Å². The van der Waals surface area contributed by atoms with Gasteiger partial charge in [0.15, 0.2) is 0 Å². The first-order valence-electron chi connectivity index (χ1n) is 9.52. The molecule has 1 N–H and O–H groups in total. The van der Waals surface area contributed by atoms with Crippen LogP contribution in [0.5, 0.6) is 0 Å². The number of hydrogen-bond acceptors (Lipinski definition) is 4. The second-order valence-electron chi connectivity index (χ2n) is 7.17. The summed E-state index contributed by atoms with van der Waals surface area (Å²) in [7, 11) is 2.05. The first kappa shape index (κ1) is 18.6. The zero-order valence-corrected chi connectivity index (χ0v) is 15.5. The van der Waals surface area contributed by atoms with Crippen LogP contribution in [0.2, 0.25) is 0 Å². The minimum absolute atomic E-state index is 0.0485. The van der Waals surface area contributed by atoms with Gasteiger partial charge in [0.2, 0.25) is 0 Å². The normalized spacial score (nSPS) is 18.3. The lowest BCUT2D eigenvalue weighted by molar-refractivity contribution is 0.0663. The van der Waals surface area contributed by atoms with E-state index >= 15 is 0 Å². The van der Waals surface area contributed by atoms with Gasteiger partial charge in [-0.3, -0.25) is 14.6 Å². The lowest BCUT2D eigenvalue weighted by Gasteiger charge is -2.32. The summed E-state index contributed by atoms with van der Waals surface area (Å²) in [6.45, 7) is 3.79. The molecule has 0 atom stereocenters. The number of nitrogens with zero attached hydrogens (tertiary/aromatic N) is 3. The van der Waals surface area contributed by atoms with Crippen molar-refractivity contribution in [2.24, 2.45) is 0 Å². The van der Waals surface area contributed by atoms with E-state index in [1.807, 2.05) is 4.90 Å². The summed E-state index contributed by atoms with van der Waals surface area (Å²) in [6, 6.07) is 1.66. The molecule has 2 amide bonds. The van der Waals surface area contributed by atoms with Gasteiger partial charge in [0.25, 0.3) is 11.8 Å². The predicted octanol–water partition coefficient (Wildman–Crippen LogP) is 2.09. The van der Waals surface area contributed by atoms with Crippen molar-refractivity contribution in [1.29, 1.82) is 0 Å². The van der Waals surface area contributed by atoms with Crippen molar-refractivity contribution < 1.29 is 9.59 Å². The SMILES string of the molecule is CN1CCN(C(=O)c2cncc(C(=O)NCCC3=CCCCC3)c2)CC1. The minimum Gasteiger partial charge on any atom is -0.352 e. The van der Waals surface area contributed by atoms with Crippen molar-refractivity contribution in [3.05, 3.63) is 41.2 Å². The zero-order valence-electron chi connectivity index (χ0n) is 15.5. The highest BCUT2D eigenvalue weighted by Gasteiger charge is 2.21. The molecule has 6 nitrogen and oxygen atoms in total. The number of carbonyl (C=O) groups is 2. The molecule has 1 aliphatic carbocycles. The number of allylic oxidation sites excluding steroid dienone is 1. The molecule has 6 heteroatoms. The average Bonchev–Trinajstić information content (AvgIpc) is 2.69. The second-order valence-corrected chi connectivity index (χ2v) is 7.17. The Bertz CT molecular complexity index is 678. The molecule has 1 saturated heterocycles. The van der Waals surface area contributed by atoms with E-state index in [-0.39, 0.29) is 11.8 Å². The Morgan fingerprint density at radius 1 is 1.12 bits per heavy atom. The summed E-state index contributed by atoms with van der Waals surface area (Å²) < 4.78 is 0. The Morgan fingerprint density at radius 3 is 2.62 bits per heavy atom. The molecule has 140 valence electrons. The van der Waals surface area contributed by atoms with Crippen LogP contribution in [0.25, 0.3) is 0 Å². The molecular formula is C20H28N4O2. The Balaban J connectivity index is 1.55. The molecule has 1 aromatic rings. The minimum atomic E-state index is -0.165. The summed E-state index contributed by atoms with van der Waals surface area (Å²) in [6.07, 6.45) is 11.1. The van der Waals surface area contributed by atoms with E-state index in [9.17, 15) is 9.59 Å². The first-order chi connectivity index (χ1) is 12.6. The Morgan fingerprint density at radius 2 is 1.88 bits per heavy atom. The molecular weight excluding hydrogens is 328 g/mol. The highest BCUT2D eigenvalue weighted by atomic mass is 16.2. The number of carbonyl (C=O) groups excluding carboxylic acids is 2. The van der Waals surface area contributed by atoms with Gasteiger partial charge in [0.1, 0.15) is 0 Å². The monoisotopic (exact) mass is 356 g/mol. The van der Waals surface area contributed by atoms with Crippen LogP contribution < -0.4 is 5.32 Å². The van der Waals surface area contributed by atoms with E-state index in [4.69, 9.17) is 0 Å². The third-order valence-corrected chi connectivity index (χ3v) is 5.15. The molecule has 0 bridgehead atoms. The average molecular weight is 356 g/mol. The Labute approximate surface area is 155 Å². The number of piperazine rings is 1. The van der Waals surface area contributed by atoms with Gasteiger partial charge in [-0.1, -0.05) is 11.6 Å². The molecule has 0 unspecified atom stereocenters. The maximum Gasteiger partial charge on any atom is 0.255 e. The van der Waals surface area contributed by atoms with Crippen LogP contribution in [0.15, 0.2) is 30.1 Å². The van der Waals surface area contributed by atoms with Crippen LogP contribution in [0.3, 0.4) is 0 Å². The van der Waals surface area contributed by atoms with E-state index in [1.54, 1.807) is 12.3 Å². The second kappa shape index (κ2) is 8.94.